The van der Waals surface area contributed by atoms with E-state index in [0.29, 0.717) is 17.9 Å². The van der Waals surface area contributed by atoms with Crippen LogP contribution in [-0.2, 0) is 6.54 Å². The lowest BCUT2D eigenvalue weighted by Crippen LogP contribution is -2.04. The SMILES string of the molecule is Cc1cc(NCc2ccccc2OCC#N)ccc1F. The highest BCUT2D eigenvalue weighted by molar-refractivity contribution is 5.47. The van der Waals surface area contributed by atoms with Gasteiger partial charge in [-0.15, -0.1) is 0 Å². The minimum absolute atomic E-state index is 0.0205. The van der Waals surface area contributed by atoms with Gasteiger partial charge in [0, 0.05) is 17.8 Å². The summed E-state index contributed by atoms with van der Waals surface area (Å²) in [4.78, 5) is 0. The maximum absolute atomic E-state index is 13.2. The number of ether oxygens (including phenoxy) is 1. The van der Waals surface area contributed by atoms with Gasteiger partial charge in [0.05, 0.1) is 0 Å². The average molecular weight is 270 g/mol. The topological polar surface area (TPSA) is 45.0 Å². The highest BCUT2D eigenvalue weighted by atomic mass is 19.1. The lowest BCUT2D eigenvalue weighted by Gasteiger charge is -2.11. The van der Waals surface area contributed by atoms with Crippen LogP contribution in [0.3, 0.4) is 0 Å². The van der Waals surface area contributed by atoms with E-state index >= 15 is 0 Å². The molecule has 2 aromatic rings. The van der Waals surface area contributed by atoms with Crippen molar-refractivity contribution in [1.29, 1.82) is 5.26 Å². The highest BCUT2D eigenvalue weighted by Crippen LogP contribution is 2.20. The van der Waals surface area contributed by atoms with Gasteiger partial charge in [-0.25, -0.2) is 4.39 Å². The van der Waals surface area contributed by atoms with Crippen LogP contribution in [0.25, 0.3) is 0 Å². The Kier molecular flexibility index (Phi) is 4.56. The van der Waals surface area contributed by atoms with Crippen molar-refractivity contribution >= 4 is 5.69 Å². The van der Waals surface area contributed by atoms with E-state index in [1.807, 2.05) is 30.3 Å². The number of aryl methyl sites for hydroxylation is 1. The quantitative estimate of drug-likeness (QED) is 0.902. The molecule has 4 heteroatoms. The fraction of sp³-hybridized carbons (Fsp3) is 0.188. The van der Waals surface area contributed by atoms with Crippen LogP contribution in [0.15, 0.2) is 42.5 Å². The molecule has 0 amide bonds. The smallest absolute Gasteiger partial charge is 0.174 e. The van der Waals surface area contributed by atoms with Crippen LogP contribution < -0.4 is 10.1 Å². The second-order valence-corrected chi connectivity index (χ2v) is 4.37. The van der Waals surface area contributed by atoms with Gasteiger partial charge in [-0.3, -0.25) is 0 Å². The number of nitriles is 1. The first-order chi connectivity index (χ1) is 9.70. The molecule has 0 aliphatic carbocycles. The van der Waals surface area contributed by atoms with E-state index in [4.69, 9.17) is 10.00 Å². The van der Waals surface area contributed by atoms with E-state index in [0.717, 1.165) is 11.3 Å². The predicted octanol–water partition coefficient (Wildman–Crippen LogP) is 3.65. The Morgan fingerprint density at radius 1 is 1.25 bits per heavy atom. The van der Waals surface area contributed by atoms with Crippen LogP contribution >= 0.6 is 0 Å². The fourth-order valence-electron chi connectivity index (χ4n) is 1.85. The van der Waals surface area contributed by atoms with Gasteiger partial charge >= 0.3 is 0 Å². The molecular weight excluding hydrogens is 255 g/mol. The van der Waals surface area contributed by atoms with Crippen molar-refractivity contribution in [2.75, 3.05) is 11.9 Å². The van der Waals surface area contributed by atoms with E-state index in [9.17, 15) is 4.39 Å². The number of rotatable bonds is 5. The molecule has 0 saturated carbocycles. The Hall–Kier alpha value is -2.54. The highest BCUT2D eigenvalue weighted by Gasteiger charge is 2.04. The molecule has 0 aromatic heterocycles. The van der Waals surface area contributed by atoms with Crippen molar-refractivity contribution in [3.8, 4) is 11.8 Å². The molecular formula is C16H15FN2O. The Morgan fingerprint density at radius 3 is 2.80 bits per heavy atom. The molecule has 3 nitrogen and oxygen atoms in total. The van der Waals surface area contributed by atoms with Gasteiger partial charge < -0.3 is 10.1 Å². The van der Waals surface area contributed by atoms with Gasteiger partial charge in [0.1, 0.15) is 17.6 Å². The lowest BCUT2D eigenvalue weighted by molar-refractivity contribution is 0.364. The fourth-order valence-corrected chi connectivity index (χ4v) is 1.85. The maximum atomic E-state index is 13.2. The van der Waals surface area contributed by atoms with E-state index < -0.39 is 0 Å². The Morgan fingerprint density at radius 2 is 2.05 bits per heavy atom. The summed E-state index contributed by atoms with van der Waals surface area (Å²) in [6.45, 7) is 2.30. The summed E-state index contributed by atoms with van der Waals surface area (Å²) in [5, 5.41) is 11.8. The molecule has 0 bridgehead atoms. The first kappa shape index (κ1) is 13.9. The van der Waals surface area contributed by atoms with Crippen LogP contribution in [0.4, 0.5) is 10.1 Å². The molecule has 0 heterocycles. The van der Waals surface area contributed by atoms with Crippen molar-refractivity contribution in [3.63, 3.8) is 0 Å². The second kappa shape index (κ2) is 6.58. The number of anilines is 1. The van der Waals surface area contributed by atoms with Gasteiger partial charge in [-0.05, 0) is 36.8 Å². The monoisotopic (exact) mass is 270 g/mol. The van der Waals surface area contributed by atoms with Crippen LogP contribution in [0.2, 0.25) is 0 Å². The Labute approximate surface area is 117 Å². The summed E-state index contributed by atoms with van der Waals surface area (Å²) in [5.74, 6) is 0.466. The van der Waals surface area contributed by atoms with Crippen LogP contribution in [0.1, 0.15) is 11.1 Å². The first-order valence-electron chi connectivity index (χ1n) is 6.28. The third-order valence-electron chi connectivity index (χ3n) is 2.91. The summed E-state index contributed by atoms with van der Waals surface area (Å²) < 4.78 is 18.5. The molecule has 0 spiro atoms. The number of nitrogens with zero attached hydrogens (tertiary/aromatic N) is 1. The van der Waals surface area contributed by atoms with Gasteiger partial charge in [0.25, 0.3) is 0 Å². The van der Waals surface area contributed by atoms with Crippen molar-refractivity contribution in [2.45, 2.75) is 13.5 Å². The van der Waals surface area contributed by atoms with Crippen molar-refractivity contribution in [1.82, 2.24) is 0 Å². The molecule has 2 rings (SSSR count). The second-order valence-electron chi connectivity index (χ2n) is 4.37. The average Bonchev–Trinajstić information content (AvgIpc) is 2.47. The van der Waals surface area contributed by atoms with E-state index in [-0.39, 0.29) is 12.4 Å². The Bertz CT molecular complexity index is 635. The van der Waals surface area contributed by atoms with Gasteiger partial charge in [-0.1, -0.05) is 18.2 Å². The van der Waals surface area contributed by atoms with Crippen LogP contribution in [0.5, 0.6) is 5.75 Å². The molecule has 0 aliphatic rings. The summed E-state index contributed by atoms with van der Waals surface area (Å²) in [6, 6.07) is 14.4. The molecule has 0 unspecified atom stereocenters. The van der Waals surface area contributed by atoms with Crippen molar-refractivity contribution in [2.24, 2.45) is 0 Å². The van der Waals surface area contributed by atoms with Gasteiger partial charge in [0.15, 0.2) is 6.61 Å². The van der Waals surface area contributed by atoms with Crippen LogP contribution in [-0.4, -0.2) is 6.61 Å². The third kappa shape index (κ3) is 3.48. The number of benzene rings is 2. The standard InChI is InChI=1S/C16H15FN2O/c1-12-10-14(6-7-15(12)17)19-11-13-4-2-3-5-16(13)20-9-8-18/h2-7,10,19H,9,11H2,1H3. The zero-order valence-corrected chi connectivity index (χ0v) is 11.2. The zero-order chi connectivity index (χ0) is 14.4. The summed E-state index contributed by atoms with van der Waals surface area (Å²) in [7, 11) is 0. The number of halogens is 1. The van der Waals surface area contributed by atoms with E-state index in [2.05, 4.69) is 5.32 Å². The number of hydrogen-bond donors (Lipinski definition) is 1. The summed E-state index contributed by atoms with van der Waals surface area (Å²) in [6.07, 6.45) is 0. The van der Waals surface area contributed by atoms with E-state index in [1.54, 1.807) is 19.1 Å². The molecule has 20 heavy (non-hydrogen) atoms. The molecule has 2 aromatic carbocycles. The molecule has 0 radical (unpaired) electrons. The molecule has 0 saturated heterocycles. The predicted molar refractivity (Wildman–Crippen MR) is 76.0 cm³/mol. The number of hydrogen-bond acceptors (Lipinski definition) is 3. The van der Waals surface area contributed by atoms with Crippen molar-refractivity contribution in [3.05, 3.63) is 59.4 Å². The first-order valence-corrected chi connectivity index (χ1v) is 6.28. The minimum atomic E-state index is -0.215. The zero-order valence-electron chi connectivity index (χ0n) is 11.2. The molecule has 102 valence electrons. The van der Waals surface area contributed by atoms with Crippen molar-refractivity contribution < 1.29 is 9.13 Å². The van der Waals surface area contributed by atoms with Crippen LogP contribution in [0, 0.1) is 24.1 Å². The number of nitrogens with one attached hydrogen (secondary N) is 1. The minimum Gasteiger partial charge on any atom is -0.478 e. The summed E-state index contributed by atoms with van der Waals surface area (Å²) >= 11 is 0. The third-order valence-corrected chi connectivity index (χ3v) is 2.91. The van der Waals surface area contributed by atoms with E-state index in [1.165, 1.54) is 6.07 Å². The summed E-state index contributed by atoms with van der Waals surface area (Å²) in [5.41, 5.74) is 2.40. The lowest BCUT2D eigenvalue weighted by atomic mass is 10.1. The maximum Gasteiger partial charge on any atom is 0.174 e. The molecule has 0 aliphatic heterocycles. The largest absolute Gasteiger partial charge is 0.478 e. The molecule has 1 N–H and O–H groups in total. The molecule has 0 atom stereocenters. The van der Waals surface area contributed by atoms with Gasteiger partial charge in [0.2, 0.25) is 0 Å². The molecule has 0 fully saturated rings. The number of para-hydroxylation sites is 1. The Balaban J connectivity index is 2.06. The van der Waals surface area contributed by atoms with Gasteiger partial charge in [-0.2, -0.15) is 5.26 Å². The normalized spacial score (nSPS) is 9.85.